The molecule has 0 aliphatic carbocycles. The van der Waals surface area contributed by atoms with Crippen LogP contribution < -0.4 is 5.32 Å². The van der Waals surface area contributed by atoms with Crippen LogP contribution in [0.25, 0.3) is 0 Å². The minimum Gasteiger partial charge on any atom is -0.394 e. The van der Waals surface area contributed by atoms with Crippen molar-refractivity contribution in [3.05, 3.63) is 109 Å². The van der Waals surface area contributed by atoms with E-state index in [0.29, 0.717) is 6.42 Å². The van der Waals surface area contributed by atoms with E-state index < -0.39 is 86.8 Å². The van der Waals surface area contributed by atoms with Crippen LogP contribution in [0, 0.1) is 0 Å². The molecule has 12 atom stereocenters. The second-order valence-corrected chi connectivity index (χ2v) is 21.1. The summed E-state index contributed by atoms with van der Waals surface area (Å²) in [6.07, 6.45) is 52.7. The number of carbonyl (C=O) groups is 1. The van der Waals surface area contributed by atoms with E-state index in [0.717, 1.165) is 103 Å². The Morgan fingerprint density at radius 2 is 0.873 bits per heavy atom. The van der Waals surface area contributed by atoms with Crippen molar-refractivity contribution in [3.63, 3.8) is 0 Å². The van der Waals surface area contributed by atoms with Gasteiger partial charge in [-0.15, -0.1) is 0 Å². The van der Waals surface area contributed by atoms with E-state index in [2.05, 4.69) is 116 Å². The standard InChI is InChI=1S/C65H109NO13/c1-3-5-7-9-11-13-15-17-18-19-20-21-22-23-24-25-26-27-28-29-30-31-32-33-34-35-36-37-39-41-43-45-47-49-57(70)66-53(54(69)48-46-44-42-40-38-16-14-12-10-8-6-4-2)52-76-64-62(75)60(73)63(56(51-68)78-64)79-65-61(74)59(72)58(71)55(50-67)77-65/h5,7,11,13,17-18,20-21,23-24,26-27,29-30,32-33,46,48,53-56,58-65,67-69,71-75H,3-4,6,8-10,12,14-16,19,22,25,28,31,34-45,47,49-52H2,1-2H3,(H,66,70)/b7-5-,13-11-,18-17-,21-20-,24-23-,27-26-,30-29-,33-32-,48-46+. The summed E-state index contributed by atoms with van der Waals surface area (Å²) < 4.78 is 22.7. The van der Waals surface area contributed by atoms with E-state index in [-0.39, 0.29) is 18.9 Å². The van der Waals surface area contributed by atoms with Gasteiger partial charge >= 0.3 is 0 Å². The Hall–Kier alpha value is -3.35. The van der Waals surface area contributed by atoms with Gasteiger partial charge in [0.15, 0.2) is 12.6 Å². The number of allylic oxidation sites excluding steroid dienone is 17. The molecule has 0 radical (unpaired) electrons. The van der Waals surface area contributed by atoms with Crippen molar-refractivity contribution in [1.29, 1.82) is 0 Å². The number of aliphatic hydroxyl groups excluding tert-OH is 8. The largest absolute Gasteiger partial charge is 0.394 e. The van der Waals surface area contributed by atoms with Crippen molar-refractivity contribution in [2.75, 3.05) is 19.8 Å². The SMILES string of the molecule is CC/C=C\C/C=C\C/C=C\C/C=C\C/C=C\C/C=C\C/C=C\C/C=C\CCCCCCCCCCC(=O)NC(COC1OC(CO)C(OC2OC(CO)C(O)C(O)C2O)C(O)C1O)C(O)/C=C/CCCCCCCCCCCC. The van der Waals surface area contributed by atoms with Crippen LogP contribution >= 0.6 is 0 Å². The van der Waals surface area contributed by atoms with Gasteiger partial charge in [-0.05, 0) is 83.5 Å². The minimum absolute atomic E-state index is 0.254. The fourth-order valence-electron chi connectivity index (χ4n) is 9.31. The van der Waals surface area contributed by atoms with Crippen molar-refractivity contribution in [2.45, 2.75) is 274 Å². The molecule has 0 aromatic rings. The second kappa shape index (κ2) is 49.3. The van der Waals surface area contributed by atoms with Crippen LogP contribution in [-0.4, -0.2) is 140 Å². The molecule has 14 nitrogen and oxygen atoms in total. The number of hydrogen-bond acceptors (Lipinski definition) is 13. The first-order chi connectivity index (χ1) is 38.6. The van der Waals surface area contributed by atoms with Crippen LogP contribution in [0.3, 0.4) is 0 Å². The van der Waals surface area contributed by atoms with Crippen LogP contribution in [0.4, 0.5) is 0 Å². The van der Waals surface area contributed by atoms with Crippen LogP contribution in [-0.2, 0) is 23.7 Å². The monoisotopic (exact) mass is 1110 g/mol. The number of hydrogen-bond donors (Lipinski definition) is 9. The molecule has 2 heterocycles. The molecule has 0 aromatic heterocycles. The number of nitrogens with one attached hydrogen (secondary N) is 1. The number of aliphatic hydroxyl groups is 8. The maximum absolute atomic E-state index is 13.2. The lowest BCUT2D eigenvalue weighted by Crippen LogP contribution is -2.65. The highest BCUT2D eigenvalue weighted by Crippen LogP contribution is 2.30. The summed E-state index contributed by atoms with van der Waals surface area (Å²) in [5.74, 6) is -0.254. The van der Waals surface area contributed by atoms with Crippen molar-refractivity contribution in [3.8, 4) is 0 Å². The van der Waals surface area contributed by atoms with E-state index in [1.54, 1.807) is 6.08 Å². The third-order valence-electron chi connectivity index (χ3n) is 14.2. The fourth-order valence-corrected chi connectivity index (χ4v) is 9.31. The normalized spacial score (nSPS) is 25.2. The molecule has 2 saturated heterocycles. The van der Waals surface area contributed by atoms with Gasteiger partial charge in [0.25, 0.3) is 0 Å². The first-order valence-corrected chi connectivity index (χ1v) is 30.6. The average Bonchev–Trinajstić information content (AvgIpc) is 3.49. The molecule has 452 valence electrons. The first kappa shape index (κ1) is 71.8. The summed E-state index contributed by atoms with van der Waals surface area (Å²) >= 11 is 0. The lowest BCUT2D eigenvalue weighted by molar-refractivity contribution is -0.359. The smallest absolute Gasteiger partial charge is 0.220 e. The molecule has 0 spiro atoms. The highest BCUT2D eigenvalue weighted by atomic mass is 16.7. The maximum Gasteiger partial charge on any atom is 0.220 e. The predicted molar refractivity (Wildman–Crippen MR) is 318 cm³/mol. The molecule has 1 amide bonds. The number of carbonyl (C=O) groups excluding carboxylic acids is 1. The topological polar surface area (TPSA) is 228 Å². The molecule has 0 saturated carbocycles. The Kier molecular flexibility index (Phi) is 44.8. The molecular weight excluding hydrogens is 1000 g/mol. The van der Waals surface area contributed by atoms with Crippen LogP contribution in [0.1, 0.15) is 200 Å². The summed E-state index contributed by atoms with van der Waals surface area (Å²) in [6, 6.07) is -0.926. The summed E-state index contributed by atoms with van der Waals surface area (Å²) in [6.45, 7) is 2.64. The van der Waals surface area contributed by atoms with Crippen molar-refractivity contribution < 1.29 is 64.6 Å². The van der Waals surface area contributed by atoms with Crippen molar-refractivity contribution >= 4 is 5.91 Å². The van der Waals surface area contributed by atoms with E-state index >= 15 is 0 Å². The predicted octanol–water partition coefficient (Wildman–Crippen LogP) is 10.8. The zero-order valence-corrected chi connectivity index (χ0v) is 48.6. The minimum atomic E-state index is -1.79. The quantitative estimate of drug-likeness (QED) is 0.0204. The number of amides is 1. The summed E-state index contributed by atoms with van der Waals surface area (Å²) in [7, 11) is 0. The second-order valence-electron chi connectivity index (χ2n) is 21.1. The van der Waals surface area contributed by atoms with Gasteiger partial charge in [0.2, 0.25) is 5.91 Å². The highest BCUT2D eigenvalue weighted by molar-refractivity contribution is 5.76. The van der Waals surface area contributed by atoms with Gasteiger partial charge in [-0.3, -0.25) is 4.79 Å². The summed E-state index contributed by atoms with van der Waals surface area (Å²) in [4.78, 5) is 13.2. The van der Waals surface area contributed by atoms with Gasteiger partial charge in [0.1, 0.15) is 48.8 Å². The lowest BCUT2D eigenvalue weighted by Gasteiger charge is -2.46. The highest BCUT2D eigenvalue weighted by Gasteiger charge is 2.51. The third kappa shape index (κ3) is 34.6. The van der Waals surface area contributed by atoms with Crippen molar-refractivity contribution in [1.82, 2.24) is 5.32 Å². The molecule has 0 bridgehead atoms. The Bertz CT molecular complexity index is 1740. The van der Waals surface area contributed by atoms with Crippen LogP contribution in [0.2, 0.25) is 0 Å². The van der Waals surface area contributed by atoms with Crippen LogP contribution in [0.15, 0.2) is 109 Å². The Labute approximate surface area is 476 Å². The molecule has 12 unspecified atom stereocenters. The molecule has 14 heteroatoms. The molecule has 2 rings (SSSR count). The van der Waals surface area contributed by atoms with E-state index in [1.807, 2.05) is 6.08 Å². The summed E-state index contributed by atoms with van der Waals surface area (Å²) in [5, 5.41) is 87.0. The van der Waals surface area contributed by atoms with E-state index in [1.165, 1.54) is 70.6 Å². The Morgan fingerprint density at radius 1 is 0.468 bits per heavy atom. The fraction of sp³-hybridized carbons (Fsp3) is 0.708. The van der Waals surface area contributed by atoms with Gasteiger partial charge in [0, 0.05) is 6.42 Å². The van der Waals surface area contributed by atoms with Gasteiger partial charge < -0.3 is 65.1 Å². The molecule has 2 aliphatic rings. The molecule has 9 N–H and O–H groups in total. The maximum atomic E-state index is 13.2. The third-order valence-corrected chi connectivity index (χ3v) is 14.2. The van der Waals surface area contributed by atoms with Gasteiger partial charge in [-0.25, -0.2) is 0 Å². The Balaban J connectivity index is 1.68. The van der Waals surface area contributed by atoms with Crippen LogP contribution in [0.5, 0.6) is 0 Å². The first-order valence-electron chi connectivity index (χ1n) is 30.6. The van der Waals surface area contributed by atoms with Gasteiger partial charge in [0.05, 0.1) is 32.0 Å². The number of ether oxygens (including phenoxy) is 4. The zero-order valence-electron chi connectivity index (χ0n) is 48.6. The molecule has 0 aromatic carbocycles. The summed E-state index contributed by atoms with van der Waals surface area (Å²) in [5.41, 5.74) is 0. The van der Waals surface area contributed by atoms with Gasteiger partial charge in [-0.1, -0.05) is 220 Å². The average molecular weight is 1110 g/mol. The molecule has 2 fully saturated rings. The zero-order chi connectivity index (χ0) is 57.4. The molecule has 79 heavy (non-hydrogen) atoms. The van der Waals surface area contributed by atoms with Crippen molar-refractivity contribution in [2.24, 2.45) is 0 Å². The molecular formula is C65H109NO13. The molecule has 2 aliphatic heterocycles. The van der Waals surface area contributed by atoms with Gasteiger partial charge in [-0.2, -0.15) is 0 Å². The van der Waals surface area contributed by atoms with E-state index in [4.69, 9.17) is 18.9 Å². The lowest BCUT2D eigenvalue weighted by atomic mass is 9.97. The number of unbranched alkanes of at least 4 members (excludes halogenated alkanes) is 18. The Morgan fingerprint density at radius 3 is 1.34 bits per heavy atom. The van der Waals surface area contributed by atoms with E-state index in [9.17, 15) is 45.6 Å². The number of rotatable bonds is 47.